The van der Waals surface area contributed by atoms with Crippen LogP contribution in [0, 0.1) is 11.3 Å². The SMILES string of the molecule is N#Cc1c(N)nc(SCc2ccc(Cl)cc2Cl)nc1Cc1ccccc1. The number of nitrogens with two attached hydrogens (primary N) is 1. The number of hydrogen-bond acceptors (Lipinski definition) is 5. The summed E-state index contributed by atoms with van der Waals surface area (Å²) in [6.45, 7) is 0. The molecule has 2 N–H and O–H groups in total. The molecule has 3 aromatic rings. The van der Waals surface area contributed by atoms with Crippen LogP contribution >= 0.6 is 35.0 Å². The molecule has 0 fully saturated rings. The third-order valence-electron chi connectivity index (χ3n) is 3.69. The van der Waals surface area contributed by atoms with Gasteiger partial charge in [-0.05, 0) is 23.3 Å². The summed E-state index contributed by atoms with van der Waals surface area (Å²) in [5.41, 5.74) is 8.90. The van der Waals surface area contributed by atoms with Gasteiger partial charge in [0.1, 0.15) is 17.5 Å². The van der Waals surface area contributed by atoms with Gasteiger partial charge in [0.15, 0.2) is 5.16 Å². The average Bonchev–Trinajstić information content (AvgIpc) is 2.62. The van der Waals surface area contributed by atoms with E-state index in [1.165, 1.54) is 11.8 Å². The Bertz CT molecular complexity index is 971. The third kappa shape index (κ3) is 4.47. The van der Waals surface area contributed by atoms with E-state index in [1.54, 1.807) is 12.1 Å². The van der Waals surface area contributed by atoms with Crippen LogP contribution in [0.5, 0.6) is 0 Å². The molecule has 0 amide bonds. The van der Waals surface area contributed by atoms with E-state index in [4.69, 9.17) is 28.9 Å². The number of nitrogen functional groups attached to an aromatic ring is 1. The number of anilines is 1. The van der Waals surface area contributed by atoms with Crippen LogP contribution in [-0.4, -0.2) is 9.97 Å². The molecule has 2 aromatic carbocycles. The number of aromatic nitrogens is 2. The summed E-state index contributed by atoms with van der Waals surface area (Å²) in [5, 5.41) is 11.1. The van der Waals surface area contributed by atoms with E-state index in [9.17, 15) is 5.26 Å². The van der Waals surface area contributed by atoms with Crippen LogP contribution < -0.4 is 5.73 Å². The Hall–Kier alpha value is -2.26. The Labute approximate surface area is 166 Å². The minimum absolute atomic E-state index is 0.193. The number of nitriles is 1. The zero-order chi connectivity index (χ0) is 18.5. The van der Waals surface area contributed by atoms with Crippen LogP contribution in [0.1, 0.15) is 22.4 Å². The molecule has 1 heterocycles. The van der Waals surface area contributed by atoms with Crippen molar-refractivity contribution in [1.82, 2.24) is 9.97 Å². The molecular weight excluding hydrogens is 387 g/mol. The highest BCUT2D eigenvalue weighted by molar-refractivity contribution is 7.98. The summed E-state index contributed by atoms with van der Waals surface area (Å²) in [5.74, 6) is 0.768. The van der Waals surface area contributed by atoms with Gasteiger partial charge in [-0.1, -0.05) is 71.4 Å². The number of hydrogen-bond donors (Lipinski definition) is 1. The first-order valence-corrected chi connectivity index (χ1v) is 9.48. The van der Waals surface area contributed by atoms with Crippen molar-refractivity contribution in [3.05, 3.63) is 81.0 Å². The van der Waals surface area contributed by atoms with Gasteiger partial charge in [-0.25, -0.2) is 9.97 Å². The van der Waals surface area contributed by atoms with Gasteiger partial charge >= 0.3 is 0 Å². The molecule has 26 heavy (non-hydrogen) atoms. The fourth-order valence-electron chi connectivity index (χ4n) is 2.39. The third-order valence-corrected chi connectivity index (χ3v) is 5.17. The quantitative estimate of drug-likeness (QED) is 0.474. The predicted octanol–water partition coefficient (Wildman–Crippen LogP) is 5.12. The second-order valence-electron chi connectivity index (χ2n) is 5.51. The molecule has 0 aliphatic heterocycles. The van der Waals surface area contributed by atoms with Gasteiger partial charge in [0, 0.05) is 22.2 Å². The van der Waals surface area contributed by atoms with Gasteiger partial charge in [-0.2, -0.15) is 5.26 Å². The normalized spacial score (nSPS) is 10.5. The molecule has 4 nitrogen and oxygen atoms in total. The molecule has 0 unspecified atom stereocenters. The minimum atomic E-state index is 0.193. The lowest BCUT2D eigenvalue weighted by Crippen LogP contribution is -2.06. The van der Waals surface area contributed by atoms with Crippen molar-refractivity contribution >= 4 is 40.8 Å². The summed E-state index contributed by atoms with van der Waals surface area (Å²) in [6, 6.07) is 17.3. The van der Waals surface area contributed by atoms with Crippen LogP contribution in [0.3, 0.4) is 0 Å². The van der Waals surface area contributed by atoms with Crippen molar-refractivity contribution in [3.63, 3.8) is 0 Å². The standard InChI is InChI=1S/C19H14Cl2N4S/c20-14-7-6-13(16(21)9-14)11-26-19-24-17(15(10-22)18(23)25-19)8-12-4-2-1-3-5-12/h1-7,9H,8,11H2,(H2,23,24,25). The van der Waals surface area contributed by atoms with E-state index in [-0.39, 0.29) is 5.82 Å². The molecule has 7 heteroatoms. The maximum Gasteiger partial charge on any atom is 0.190 e. The van der Waals surface area contributed by atoms with Crippen molar-refractivity contribution in [2.24, 2.45) is 0 Å². The zero-order valence-corrected chi connectivity index (χ0v) is 15.9. The molecule has 0 saturated heterocycles. The Balaban J connectivity index is 1.85. The topological polar surface area (TPSA) is 75.6 Å². The summed E-state index contributed by atoms with van der Waals surface area (Å²) >= 11 is 13.5. The van der Waals surface area contributed by atoms with Crippen molar-refractivity contribution in [1.29, 1.82) is 5.26 Å². The molecule has 0 radical (unpaired) electrons. The number of nitrogens with zero attached hydrogens (tertiary/aromatic N) is 3. The Kier molecular flexibility index (Phi) is 6.00. The number of halogens is 2. The van der Waals surface area contributed by atoms with Gasteiger partial charge < -0.3 is 5.73 Å². The van der Waals surface area contributed by atoms with Crippen molar-refractivity contribution in [2.75, 3.05) is 5.73 Å². The second kappa shape index (κ2) is 8.41. The van der Waals surface area contributed by atoms with Crippen molar-refractivity contribution < 1.29 is 0 Å². The van der Waals surface area contributed by atoms with Crippen molar-refractivity contribution in [2.45, 2.75) is 17.3 Å². The van der Waals surface area contributed by atoms with Crippen molar-refractivity contribution in [3.8, 4) is 6.07 Å². The highest BCUT2D eigenvalue weighted by atomic mass is 35.5. The zero-order valence-electron chi connectivity index (χ0n) is 13.6. The Morgan fingerprint density at radius 3 is 2.54 bits per heavy atom. The summed E-state index contributed by atoms with van der Waals surface area (Å²) in [6.07, 6.45) is 0.520. The van der Waals surface area contributed by atoms with E-state index < -0.39 is 0 Å². The summed E-state index contributed by atoms with van der Waals surface area (Å²) < 4.78 is 0. The molecule has 0 bridgehead atoms. The molecule has 0 aliphatic carbocycles. The average molecular weight is 401 g/mol. The summed E-state index contributed by atoms with van der Waals surface area (Å²) in [4.78, 5) is 8.79. The van der Waals surface area contributed by atoms with E-state index in [0.29, 0.717) is 38.6 Å². The van der Waals surface area contributed by atoms with Crippen LogP contribution in [-0.2, 0) is 12.2 Å². The van der Waals surface area contributed by atoms with Gasteiger partial charge in [-0.15, -0.1) is 0 Å². The number of thioether (sulfide) groups is 1. The van der Waals surface area contributed by atoms with Gasteiger partial charge in [0.25, 0.3) is 0 Å². The van der Waals surface area contributed by atoms with Crippen LogP contribution in [0.15, 0.2) is 53.7 Å². The molecular formula is C19H14Cl2N4S. The summed E-state index contributed by atoms with van der Waals surface area (Å²) in [7, 11) is 0. The highest BCUT2D eigenvalue weighted by Crippen LogP contribution is 2.28. The first-order chi connectivity index (χ1) is 12.6. The molecule has 3 rings (SSSR count). The van der Waals surface area contributed by atoms with Gasteiger partial charge in [0.2, 0.25) is 0 Å². The largest absolute Gasteiger partial charge is 0.382 e. The molecule has 0 atom stereocenters. The van der Waals surface area contributed by atoms with Crippen LogP contribution in [0.25, 0.3) is 0 Å². The smallest absolute Gasteiger partial charge is 0.190 e. The highest BCUT2D eigenvalue weighted by Gasteiger charge is 2.14. The lowest BCUT2D eigenvalue weighted by molar-refractivity contribution is 0.902. The molecule has 130 valence electrons. The van der Waals surface area contributed by atoms with E-state index in [0.717, 1.165) is 11.1 Å². The lowest BCUT2D eigenvalue weighted by atomic mass is 10.1. The fourth-order valence-corrected chi connectivity index (χ4v) is 3.82. The van der Waals surface area contributed by atoms with Crippen LogP contribution in [0.2, 0.25) is 10.0 Å². The van der Waals surface area contributed by atoms with E-state index in [1.807, 2.05) is 36.4 Å². The fraction of sp³-hybridized carbons (Fsp3) is 0.105. The molecule has 0 saturated carbocycles. The number of benzene rings is 2. The maximum atomic E-state index is 9.39. The first-order valence-electron chi connectivity index (χ1n) is 7.74. The van der Waals surface area contributed by atoms with Gasteiger partial charge in [-0.3, -0.25) is 0 Å². The molecule has 0 aliphatic rings. The Morgan fingerprint density at radius 2 is 1.85 bits per heavy atom. The molecule has 1 aromatic heterocycles. The number of rotatable bonds is 5. The predicted molar refractivity (Wildman–Crippen MR) is 106 cm³/mol. The maximum absolute atomic E-state index is 9.39. The first kappa shape index (κ1) is 18.5. The van der Waals surface area contributed by atoms with E-state index >= 15 is 0 Å². The minimum Gasteiger partial charge on any atom is -0.382 e. The molecule has 0 spiro atoms. The lowest BCUT2D eigenvalue weighted by Gasteiger charge is -2.09. The van der Waals surface area contributed by atoms with Gasteiger partial charge in [0.05, 0.1) is 5.69 Å². The Morgan fingerprint density at radius 1 is 1.08 bits per heavy atom. The monoisotopic (exact) mass is 400 g/mol. The van der Waals surface area contributed by atoms with E-state index in [2.05, 4.69) is 16.0 Å². The van der Waals surface area contributed by atoms with Crippen LogP contribution in [0.4, 0.5) is 5.82 Å². The second-order valence-corrected chi connectivity index (χ2v) is 7.30.